The van der Waals surface area contributed by atoms with Crippen LogP contribution in [0.3, 0.4) is 0 Å². The minimum atomic E-state index is -4.71. The van der Waals surface area contributed by atoms with Gasteiger partial charge in [-0.25, -0.2) is 8.42 Å². The molecule has 0 saturated heterocycles. The third-order valence-corrected chi connectivity index (χ3v) is 19.5. The van der Waals surface area contributed by atoms with Gasteiger partial charge in [0.25, 0.3) is 42.2 Å². The molecule has 1 aliphatic carbocycles. The first-order valence-electron chi connectivity index (χ1n) is 27.0. The molecule has 2 aliphatic heterocycles. The van der Waals surface area contributed by atoms with Crippen molar-refractivity contribution < 1.29 is 70.8 Å². The normalized spacial score (nSPS) is 16.7. The van der Waals surface area contributed by atoms with E-state index in [0.29, 0.717) is 44.2 Å². The van der Waals surface area contributed by atoms with Crippen molar-refractivity contribution in [3.05, 3.63) is 179 Å². The molecule has 1 atom stereocenters. The number of hydrogen-bond donors (Lipinski definition) is 4. The van der Waals surface area contributed by atoms with Crippen LogP contribution in [0.4, 0.5) is 17.1 Å². The zero-order valence-electron chi connectivity index (χ0n) is 45.4. The number of anilines is 2. The first-order chi connectivity index (χ1) is 40.4. The topological polar surface area (TPSA) is 298 Å². The van der Waals surface area contributed by atoms with Gasteiger partial charge in [0.05, 0.1) is 32.6 Å². The van der Waals surface area contributed by atoms with Crippen molar-refractivity contribution in [1.82, 2.24) is 14.8 Å². The molecular weight excluding hydrogens is 1190 g/mol. The first kappa shape index (κ1) is 60.5. The lowest BCUT2D eigenvalue weighted by Crippen LogP contribution is -2.40. The molecule has 3 amide bonds. The summed E-state index contributed by atoms with van der Waals surface area (Å²) in [6.07, 6.45) is 10.1. The number of amides is 3. The Labute approximate surface area is 495 Å². The van der Waals surface area contributed by atoms with Crippen molar-refractivity contribution in [1.29, 1.82) is 0 Å². The van der Waals surface area contributed by atoms with Gasteiger partial charge in [-0.3, -0.25) is 32.9 Å². The molecule has 10 rings (SSSR count). The molecule has 7 aromatic rings. The van der Waals surface area contributed by atoms with E-state index < -0.39 is 75.5 Å². The number of aryl methyl sites for hydroxylation is 1. The second kappa shape index (κ2) is 24.8. The molecule has 4 N–H and O–H groups in total. The summed E-state index contributed by atoms with van der Waals surface area (Å²) in [6, 6.07) is 36.0. The van der Waals surface area contributed by atoms with E-state index in [-0.39, 0.29) is 81.0 Å². The Balaban J connectivity index is 1.15. The quantitative estimate of drug-likeness (QED) is 0.0259. The van der Waals surface area contributed by atoms with Crippen molar-refractivity contribution in [3.63, 3.8) is 0 Å². The summed E-state index contributed by atoms with van der Waals surface area (Å²) in [4.78, 5) is 43.7. The number of allylic oxidation sites excluding steroid dienone is 5. The number of hydrogen-bond acceptors (Lipinski definition) is 14. The van der Waals surface area contributed by atoms with Crippen LogP contribution in [0, 0.1) is 5.92 Å². The van der Waals surface area contributed by atoms with Gasteiger partial charge in [-0.1, -0.05) is 90.6 Å². The predicted molar refractivity (Wildman–Crippen MR) is 325 cm³/mol. The minimum Gasteiger partial charge on any atom is -0.748 e. The van der Waals surface area contributed by atoms with Gasteiger partial charge in [0.15, 0.2) is 6.54 Å². The van der Waals surface area contributed by atoms with E-state index in [1.54, 1.807) is 28.8 Å². The smallest absolute Gasteiger partial charge is 0.295 e. The number of aromatic nitrogens is 1. The molecule has 0 bridgehead atoms. The average Bonchev–Trinajstić information content (AvgIpc) is 1.87. The molecule has 6 aromatic carbocycles. The number of carbonyl (C=O) groups is 3. The third kappa shape index (κ3) is 13.9. The van der Waals surface area contributed by atoms with Crippen molar-refractivity contribution in [2.45, 2.75) is 48.4 Å². The fraction of sp³-hybridized carbons (Fsp3) is 0.233. The van der Waals surface area contributed by atoms with E-state index >= 15 is 0 Å². The Morgan fingerprint density at radius 3 is 2.06 bits per heavy atom. The van der Waals surface area contributed by atoms with Gasteiger partial charge in [0.1, 0.15) is 4.90 Å². The van der Waals surface area contributed by atoms with Gasteiger partial charge in [-0.2, -0.15) is 29.8 Å². The van der Waals surface area contributed by atoms with Crippen molar-refractivity contribution in [2.24, 2.45) is 5.92 Å². The first-order valence-corrected chi connectivity index (χ1v) is 34.0. The standard InChI is InChI=1S/C60H57N5O15S5/c66-55-28-29-56(67)65(55)34-30-61-60(68)42-38-40(20-22-50-46-17-7-16-45-49(24-25-52(57(45)46)63(50)32-10-36-83(72,73)74)62(31-9-35-82(69,70)71)43-12-3-1-4-13-43)59(81-44-14-5-2-6-15-44)41(39-42)21-23-51-47-18-8-19-48-54(85(78,79)80)27-26-53(58(47)48)64(51)33-11-37-84(75,76)77/h1-8,12-29,42H,9-11,30-39H2,(H4-,61,68,69,70,71,72,73,74,75,76,77,78,79,80). The van der Waals surface area contributed by atoms with Crippen molar-refractivity contribution in [3.8, 4) is 0 Å². The Kier molecular flexibility index (Phi) is 17.6. The van der Waals surface area contributed by atoms with Gasteiger partial charge in [-0.15, -0.1) is 0 Å². The van der Waals surface area contributed by atoms with E-state index in [0.717, 1.165) is 54.6 Å². The van der Waals surface area contributed by atoms with Crippen molar-refractivity contribution in [2.75, 3.05) is 48.3 Å². The predicted octanol–water partition coefficient (Wildman–Crippen LogP) is 7.45. The maximum atomic E-state index is 14.6. The number of nitrogens with zero attached hydrogens (tertiary/aromatic N) is 4. The second-order valence-corrected chi connectivity index (χ2v) is 27.7. The van der Waals surface area contributed by atoms with Crippen LogP contribution in [0.1, 0.15) is 37.7 Å². The maximum Gasteiger partial charge on any atom is 0.295 e. The van der Waals surface area contributed by atoms with Crippen LogP contribution in [0.15, 0.2) is 178 Å². The molecule has 0 fully saturated rings. The van der Waals surface area contributed by atoms with Crippen LogP contribution in [0.25, 0.3) is 38.5 Å². The number of para-hydroxylation sites is 1. The number of nitrogens with one attached hydrogen (secondary N) is 1. The van der Waals surface area contributed by atoms with Gasteiger partial charge in [-0.05, 0) is 91.4 Å². The summed E-state index contributed by atoms with van der Waals surface area (Å²) in [5, 5.41) is 6.23. The summed E-state index contributed by atoms with van der Waals surface area (Å²) in [6.45, 7) is 0.207. The molecule has 20 nitrogen and oxygen atoms in total. The zero-order chi connectivity index (χ0) is 60.4. The number of benzene rings is 6. The highest BCUT2D eigenvalue weighted by Gasteiger charge is 2.35. The lowest BCUT2D eigenvalue weighted by molar-refractivity contribution is -0.435. The molecular formula is C60H57N5O15S5. The van der Waals surface area contributed by atoms with E-state index in [2.05, 4.69) is 5.32 Å². The number of imide groups is 1. The molecule has 3 heterocycles. The minimum absolute atomic E-state index is 0.0387. The molecule has 0 saturated carbocycles. The number of rotatable bonds is 24. The SMILES string of the molecule is O=C(NCCN1C(=O)C=CC1=O)C1CC(/C=C/C2=[N+](CCCS(=O)(=O)[O-])c3ccc(N(CCCS(=O)(=O)O)c4ccccc4)c4cccc2c34)=C(Sc2ccccc2)C(=C/C=c2\c3cccc4c(S(=O)(=O)O)ccc(c43)n2CCCS(=O)(=O)O)/C1. The Bertz CT molecular complexity index is 4520. The summed E-state index contributed by atoms with van der Waals surface area (Å²) in [7, 11) is -18.0. The van der Waals surface area contributed by atoms with Crippen LogP contribution in [0.2, 0.25) is 0 Å². The third-order valence-electron chi connectivity index (χ3n) is 14.9. The van der Waals surface area contributed by atoms with Gasteiger partial charge in [0.2, 0.25) is 17.3 Å². The maximum absolute atomic E-state index is 14.6. The Hall–Kier alpha value is -7.59. The highest BCUT2D eigenvalue weighted by atomic mass is 32.2. The largest absolute Gasteiger partial charge is 0.748 e. The highest BCUT2D eigenvalue weighted by molar-refractivity contribution is 8.03. The molecule has 1 aromatic heterocycles. The van der Waals surface area contributed by atoms with E-state index in [4.69, 9.17) is 0 Å². The summed E-state index contributed by atoms with van der Waals surface area (Å²) in [5.74, 6) is -3.87. The van der Waals surface area contributed by atoms with Crippen LogP contribution >= 0.6 is 11.8 Å². The van der Waals surface area contributed by atoms with Crippen LogP contribution in [0.5, 0.6) is 0 Å². The van der Waals surface area contributed by atoms with Crippen LogP contribution in [-0.2, 0) is 61.4 Å². The lowest BCUT2D eigenvalue weighted by Gasteiger charge is -2.28. The van der Waals surface area contributed by atoms with Gasteiger partial charge < -0.3 is 19.3 Å². The van der Waals surface area contributed by atoms with E-state index in [1.165, 1.54) is 23.9 Å². The fourth-order valence-electron chi connectivity index (χ4n) is 11.3. The van der Waals surface area contributed by atoms with E-state index in [1.807, 2.05) is 119 Å². The molecule has 1 unspecified atom stereocenters. The average molecular weight is 1250 g/mol. The second-order valence-electron chi connectivity index (χ2n) is 20.6. The molecule has 442 valence electrons. The summed E-state index contributed by atoms with van der Waals surface area (Å²) >= 11 is 1.43. The Morgan fingerprint density at radius 1 is 0.694 bits per heavy atom. The van der Waals surface area contributed by atoms with Crippen LogP contribution in [-0.4, -0.2) is 133 Å². The fourth-order valence-corrected chi connectivity index (χ4v) is 14.6. The van der Waals surface area contributed by atoms with Gasteiger partial charge in [0, 0.05) is 122 Å². The summed E-state index contributed by atoms with van der Waals surface area (Å²) in [5.41, 5.74) is 5.41. The molecule has 0 spiro atoms. The van der Waals surface area contributed by atoms with Crippen LogP contribution < -0.4 is 15.6 Å². The zero-order valence-corrected chi connectivity index (χ0v) is 49.4. The molecule has 25 heteroatoms. The number of carbonyl (C=O) groups excluding carboxylic acids is 3. The Morgan fingerprint density at radius 2 is 1.36 bits per heavy atom. The van der Waals surface area contributed by atoms with E-state index in [9.17, 15) is 66.3 Å². The van der Waals surface area contributed by atoms with Gasteiger partial charge >= 0.3 is 0 Å². The molecule has 0 radical (unpaired) electrons. The summed E-state index contributed by atoms with van der Waals surface area (Å²) < 4.78 is 143. The molecule has 3 aliphatic rings. The number of thioether (sulfide) groups is 1. The monoisotopic (exact) mass is 1250 g/mol. The lowest BCUT2D eigenvalue weighted by atomic mass is 9.84. The molecule has 85 heavy (non-hydrogen) atoms. The van der Waals surface area contributed by atoms with Crippen molar-refractivity contribution >= 4 is 131 Å². The highest BCUT2D eigenvalue weighted by Crippen LogP contribution is 2.46.